The first-order valence-corrected chi connectivity index (χ1v) is 7.52. The summed E-state index contributed by atoms with van der Waals surface area (Å²) in [5, 5.41) is 7.38. The molecule has 0 saturated heterocycles. The molecule has 116 valence electrons. The molecule has 6 heteroatoms. The highest BCUT2D eigenvalue weighted by molar-refractivity contribution is 6.30. The Labute approximate surface area is 138 Å². The van der Waals surface area contributed by atoms with Crippen LogP contribution in [-0.4, -0.2) is 16.0 Å². The van der Waals surface area contributed by atoms with Gasteiger partial charge < -0.3 is 9.84 Å². The van der Waals surface area contributed by atoms with Crippen molar-refractivity contribution in [2.24, 2.45) is 0 Å². The van der Waals surface area contributed by atoms with Crippen LogP contribution in [0.3, 0.4) is 0 Å². The summed E-state index contributed by atoms with van der Waals surface area (Å²) in [6.45, 7) is 0. The van der Waals surface area contributed by atoms with Crippen LogP contribution in [-0.2, 0) is 11.2 Å². The number of benzene rings is 2. The molecule has 5 nitrogen and oxygen atoms in total. The third kappa shape index (κ3) is 4.17. The second kappa shape index (κ2) is 7.07. The van der Waals surface area contributed by atoms with Crippen molar-refractivity contribution in [2.75, 3.05) is 5.32 Å². The van der Waals surface area contributed by atoms with Gasteiger partial charge in [0.25, 0.3) is 0 Å². The average molecular weight is 328 g/mol. The number of para-hydroxylation sites is 1. The van der Waals surface area contributed by atoms with E-state index in [4.69, 9.17) is 16.1 Å². The van der Waals surface area contributed by atoms with Crippen LogP contribution in [0, 0.1) is 0 Å². The number of aryl methyl sites for hydroxylation is 1. The molecule has 1 aromatic heterocycles. The van der Waals surface area contributed by atoms with Crippen molar-refractivity contribution in [1.29, 1.82) is 0 Å². The molecule has 0 bridgehead atoms. The summed E-state index contributed by atoms with van der Waals surface area (Å²) in [4.78, 5) is 16.2. The number of nitrogens with zero attached hydrogens (tertiary/aromatic N) is 2. The van der Waals surface area contributed by atoms with Crippen LogP contribution in [0.4, 0.5) is 5.69 Å². The van der Waals surface area contributed by atoms with Crippen LogP contribution in [0.5, 0.6) is 0 Å². The fourth-order valence-corrected chi connectivity index (χ4v) is 2.16. The summed E-state index contributed by atoms with van der Waals surface area (Å²) >= 11 is 5.85. The van der Waals surface area contributed by atoms with Crippen molar-refractivity contribution in [3.05, 3.63) is 65.5 Å². The Morgan fingerprint density at radius 2 is 1.83 bits per heavy atom. The molecule has 3 rings (SSSR count). The number of anilines is 1. The molecule has 0 spiro atoms. The largest absolute Gasteiger partial charge is 0.339 e. The Kier molecular flexibility index (Phi) is 4.68. The maximum atomic E-state index is 11.9. The van der Waals surface area contributed by atoms with Gasteiger partial charge in [-0.15, -0.1) is 0 Å². The first-order chi connectivity index (χ1) is 11.2. The monoisotopic (exact) mass is 327 g/mol. The van der Waals surface area contributed by atoms with E-state index in [9.17, 15) is 4.79 Å². The van der Waals surface area contributed by atoms with Gasteiger partial charge in [-0.2, -0.15) is 4.98 Å². The number of hydrogen-bond donors (Lipinski definition) is 1. The Hall–Kier alpha value is -2.66. The Morgan fingerprint density at radius 3 is 2.57 bits per heavy atom. The van der Waals surface area contributed by atoms with E-state index in [0.717, 1.165) is 11.3 Å². The fourth-order valence-electron chi connectivity index (χ4n) is 2.04. The molecule has 0 radical (unpaired) electrons. The molecule has 0 atom stereocenters. The molecule has 0 aliphatic heterocycles. The van der Waals surface area contributed by atoms with Crippen LogP contribution in [0.2, 0.25) is 5.02 Å². The SMILES string of the molecule is O=C(CCc1nc(-c2ccc(Cl)cc2)no1)Nc1ccccc1. The molecule has 2 aromatic carbocycles. The van der Waals surface area contributed by atoms with Gasteiger partial charge in [-0.3, -0.25) is 4.79 Å². The lowest BCUT2D eigenvalue weighted by Gasteiger charge is -2.02. The lowest BCUT2D eigenvalue weighted by molar-refractivity contribution is -0.116. The highest BCUT2D eigenvalue weighted by atomic mass is 35.5. The predicted octanol–water partition coefficient (Wildman–Crippen LogP) is 3.96. The number of hydrogen-bond acceptors (Lipinski definition) is 4. The number of rotatable bonds is 5. The zero-order valence-corrected chi connectivity index (χ0v) is 13.0. The average Bonchev–Trinajstić information content (AvgIpc) is 3.04. The Balaban J connectivity index is 1.57. The van der Waals surface area contributed by atoms with Gasteiger partial charge in [0.15, 0.2) is 0 Å². The van der Waals surface area contributed by atoms with Gasteiger partial charge in [0.1, 0.15) is 0 Å². The molecule has 23 heavy (non-hydrogen) atoms. The van der Waals surface area contributed by atoms with E-state index in [2.05, 4.69) is 15.5 Å². The summed E-state index contributed by atoms with van der Waals surface area (Å²) in [6.07, 6.45) is 0.663. The molecule has 0 saturated carbocycles. The lowest BCUT2D eigenvalue weighted by atomic mass is 10.2. The molecular weight excluding hydrogens is 314 g/mol. The van der Waals surface area contributed by atoms with Crippen molar-refractivity contribution in [2.45, 2.75) is 12.8 Å². The van der Waals surface area contributed by atoms with Gasteiger partial charge in [-0.25, -0.2) is 0 Å². The minimum atomic E-state index is -0.0950. The number of halogens is 1. The van der Waals surface area contributed by atoms with Gasteiger partial charge in [-0.1, -0.05) is 35.0 Å². The highest BCUT2D eigenvalue weighted by Gasteiger charge is 2.10. The molecule has 1 heterocycles. The summed E-state index contributed by atoms with van der Waals surface area (Å²) in [5.74, 6) is 0.820. The number of aromatic nitrogens is 2. The third-order valence-electron chi connectivity index (χ3n) is 3.19. The molecule has 0 unspecified atom stereocenters. The molecule has 1 N–H and O–H groups in total. The van der Waals surface area contributed by atoms with E-state index in [1.807, 2.05) is 42.5 Å². The fraction of sp³-hybridized carbons (Fsp3) is 0.118. The van der Waals surface area contributed by atoms with Gasteiger partial charge >= 0.3 is 0 Å². The minimum absolute atomic E-state index is 0.0950. The van der Waals surface area contributed by atoms with Crippen LogP contribution >= 0.6 is 11.6 Å². The molecule has 1 amide bonds. The van der Waals surface area contributed by atoms with Crippen LogP contribution in [0.25, 0.3) is 11.4 Å². The number of nitrogens with one attached hydrogen (secondary N) is 1. The zero-order valence-electron chi connectivity index (χ0n) is 12.2. The van der Waals surface area contributed by atoms with E-state index in [-0.39, 0.29) is 12.3 Å². The molecule has 0 aliphatic carbocycles. The van der Waals surface area contributed by atoms with E-state index in [1.165, 1.54) is 0 Å². The standard InChI is InChI=1S/C17H14ClN3O2/c18-13-8-6-12(7-9-13)17-20-16(23-21-17)11-10-15(22)19-14-4-2-1-3-5-14/h1-9H,10-11H2,(H,19,22). The van der Waals surface area contributed by atoms with Crippen LogP contribution < -0.4 is 5.32 Å². The second-order valence-corrected chi connectivity index (χ2v) is 5.37. The van der Waals surface area contributed by atoms with Crippen molar-refractivity contribution >= 4 is 23.2 Å². The van der Waals surface area contributed by atoms with Gasteiger partial charge in [0, 0.05) is 29.1 Å². The number of carbonyl (C=O) groups excluding carboxylic acids is 1. The first kappa shape index (κ1) is 15.2. The lowest BCUT2D eigenvalue weighted by Crippen LogP contribution is -2.12. The van der Waals surface area contributed by atoms with E-state index < -0.39 is 0 Å². The first-order valence-electron chi connectivity index (χ1n) is 7.14. The molecular formula is C17H14ClN3O2. The van der Waals surface area contributed by atoms with Crippen molar-refractivity contribution in [3.8, 4) is 11.4 Å². The molecule has 0 fully saturated rings. The second-order valence-electron chi connectivity index (χ2n) is 4.93. The zero-order chi connectivity index (χ0) is 16.1. The quantitative estimate of drug-likeness (QED) is 0.770. The van der Waals surface area contributed by atoms with E-state index in [1.54, 1.807) is 12.1 Å². The van der Waals surface area contributed by atoms with Crippen molar-refractivity contribution in [3.63, 3.8) is 0 Å². The number of carbonyl (C=O) groups is 1. The summed E-state index contributed by atoms with van der Waals surface area (Å²) < 4.78 is 5.18. The Bertz CT molecular complexity index is 785. The topological polar surface area (TPSA) is 68.0 Å². The van der Waals surface area contributed by atoms with Crippen LogP contribution in [0.15, 0.2) is 59.1 Å². The van der Waals surface area contributed by atoms with Crippen molar-refractivity contribution in [1.82, 2.24) is 10.1 Å². The normalized spacial score (nSPS) is 10.5. The van der Waals surface area contributed by atoms with Gasteiger partial charge in [0.2, 0.25) is 17.6 Å². The van der Waals surface area contributed by atoms with Gasteiger partial charge in [0.05, 0.1) is 0 Å². The maximum absolute atomic E-state index is 11.9. The number of amides is 1. The molecule has 3 aromatic rings. The smallest absolute Gasteiger partial charge is 0.227 e. The van der Waals surface area contributed by atoms with Crippen LogP contribution in [0.1, 0.15) is 12.3 Å². The van der Waals surface area contributed by atoms with Crippen molar-refractivity contribution < 1.29 is 9.32 Å². The maximum Gasteiger partial charge on any atom is 0.227 e. The predicted molar refractivity (Wildman–Crippen MR) is 88.1 cm³/mol. The highest BCUT2D eigenvalue weighted by Crippen LogP contribution is 2.19. The minimum Gasteiger partial charge on any atom is -0.339 e. The summed E-state index contributed by atoms with van der Waals surface area (Å²) in [5.41, 5.74) is 1.59. The summed E-state index contributed by atoms with van der Waals surface area (Å²) in [6, 6.07) is 16.5. The summed E-state index contributed by atoms with van der Waals surface area (Å²) in [7, 11) is 0. The van der Waals surface area contributed by atoms with Gasteiger partial charge in [-0.05, 0) is 36.4 Å². The Morgan fingerprint density at radius 1 is 1.09 bits per heavy atom. The third-order valence-corrected chi connectivity index (χ3v) is 3.45. The van der Waals surface area contributed by atoms with E-state index >= 15 is 0 Å². The molecule has 0 aliphatic rings. The van der Waals surface area contributed by atoms with E-state index in [0.29, 0.717) is 23.2 Å².